The molecular weight excluding hydrogens is 216 g/mol. The minimum absolute atomic E-state index is 0.496. The maximum Gasteiger partial charge on any atom is -0.0354 e. The van der Waals surface area contributed by atoms with Gasteiger partial charge in [0.1, 0.15) is 0 Å². The largest absolute Gasteiger partial charge is 0.0625 e. The van der Waals surface area contributed by atoms with E-state index >= 15 is 0 Å². The Morgan fingerprint density at radius 1 is 0.667 bits per heavy atom. The molecule has 0 heterocycles. The van der Waals surface area contributed by atoms with Crippen molar-refractivity contribution >= 4 is 0 Å². The predicted octanol–water partition coefficient (Wildman–Crippen LogP) is 6.30. The Morgan fingerprint density at radius 3 is 1.28 bits per heavy atom. The van der Waals surface area contributed by atoms with Gasteiger partial charge < -0.3 is 0 Å². The van der Waals surface area contributed by atoms with E-state index in [1.165, 1.54) is 38.5 Å². The van der Waals surface area contributed by atoms with Crippen LogP contribution in [0.4, 0.5) is 0 Å². The summed E-state index contributed by atoms with van der Waals surface area (Å²) in [5.74, 6) is 2.74. The summed E-state index contributed by atoms with van der Waals surface area (Å²) in [6, 6.07) is 0. The average molecular weight is 252 g/mol. The lowest BCUT2D eigenvalue weighted by molar-refractivity contribution is 0.157. The number of hydrogen-bond donors (Lipinski definition) is 0. The van der Waals surface area contributed by atoms with Crippen LogP contribution >= 0.6 is 0 Å². The van der Waals surface area contributed by atoms with Crippen molar-refractivity contribution in [1.82, 2.24) is 0 Å². The van der Waals surface area contributed by atoms with Crippen LogP contribution in [0.5, 0.6) is 0 Å². The molecular formula is C18H36. The van der Waals surface area contributed by atoms with Gasteiger partial charge in [0.25, 0.3) is 0 Å². The molecule has 0 aromatic heterocycles. The standard InChI is InChI=1S/C18H36/c1-14-12-15(17(2,3)4)10-8-9-11-16(13-14)18(5,6)7/h14-16H,8-13H2,1-7H3. The fraction of sp³-hybridized carbons (Fsp3) is 1.00. The Morgan fingerprint density at radius 2 is 1.00 bits per heavy atom. The van der Waals surface area contributed by atoms with E-state index in [4.69, 9.17) is 0 Å². The highest BCUT2D eigenvalue weighted by Crippen LogP contribution is 2.42. The summed E-state index contributed by atoms with van der Waals surface area (Å²) in [6.07, 6.45) is 8.67. The second kappa shape index (κ2) is 5.97. The van der Waals surface area contributed by atoms with Crippen molar-refractivity contribution in [3.63, 3.8) is 0 Å². The van der Waals surface area contributed by atoms with Gasteiger partial charge in [-0.05, 0) is 54.3 Å². The summed E-state index contributed by atoms with van der Waals surface area (Å²) in [5, 5.41) is 0. The van der Waals surface area contributed by atoms with Gasteiger partial charge in [0, 0.05) is 0 Å². The third kappa shape index (κ3) is 4.94. The maximum atomic E-state index is 2.49. The molecule has 18 heavy (non-hydrogen) atoms. The lowest BCUT2D eigenvalue weighted by Gasteiger charge is -2.35. The van der Waals surface area contributed by atoms with Crippen LogP contribution in [-0.2, 0) is 0 Å². The van der Waals surface area contributed by atoms with Crippen molar-refractivity contribution in [2.24, 2.45) is 28.6 Å². The first kappa shape index (κ1) is 16.1. The second-order valence-corrected chi connectivity index (χ2v) is 8.99. The van der Waals surface area contributed by atoms with Crippen molar-refractivity contribution in [3.8, 4) is 0 Å². The molecule has 0 saturated heterocycles. The molecule has 0 aromatic carbocycles. The van der Waals surface area contributed by atoms with E-state index in [0.717, 1.165) is 17.8 Å². The van der Waals surface area contributed by atoms with Gasteiger partial charge in [-0.1, -0.05) is 61.3 Å². The van der Waals surface area contributed by atoms with Crippen molar-refractivity contribution in [2.75, 3.05) is 0 Å². The summed E-state index contributed by atoms with van der Waals surface area (Å²) >= 11 is 0. The van der Waals surface area contributed by atoms with Crippen LogP contribution in [0.3, 0.4) is 0 Å². The van der Waals surface area contributed by atoms with Gasteiger partial charge in [-0.25, -0.2) is 0 Å². The molecule has 0 N–H and O–H groups in total. The van der Waals surface area contributed by atoms with Crippen LogP contribution < -0.4 is 0 Å². The zero-order valence-corrected chi connectivity index (χ0v) is 14.0. The molecule has 0 nitrogen and oxygen atoms in total. The Labute approximate surface area is 116 Å². The van der Waals surface area contributed by atoms with E-state index in [2.05, 4.69) is 48.5 Å². The predicted molar refractivity (Wildman–Crippen MR) is 82.8 cm³/mol. The molecule has 1 saturated carbocycles. The topological polar surface area (TPSA) is 0 Å². The van der Waals surface area contributed by atoms with Gasteiger partial charge in [0.2, 0.25) is 0 Å². The lowest BCUT2D eigenvalue weighted by Crippen LogP contribution is -2.25. The summed E-state index contributed by atoms with van der Waals surface area (Å²) in [7, 11) is 0. The molecule has 1 aliphatic carbocycles. The first-order valence-electron chi connectivity index (χ1n) is 8.10. The quantitative estimate of drug-likeness (QED) is 0.474. The van der Waals surface area contributed by atoms with Crippen LogP contribution in [0, 0.1) is 28.6 Å². The third-order valence-corrected chi connectivity index (χ3v) is 5.18. The second-order valence-electron chi connectivity index (χ2n) is 8.99. The molecule has 0 heteroatoms. The van der Waals surface area contributed by atoms with Gasteiger partial charge in [0.15, 0.2) is 0 Å². The zero-order chi connectivity index (χ0) is 14.0. The Kier molecular flexibility index (Phi) is 5.32. The normalized spacial score (nSPS) is 32.5. The number of hydrogen-bond acceptors (Lipinski definition) is 0. The van der Waals surface area contributed by atoms with E-state index in [1.54, 1.807) is 0 Å². The fourth-order valence-electron chi connectivity index (χ4n) is 3.66. The molecule has 0 spiro atoms. The Hall–Kier alpha value is 0. The Balaban J connectivity index is 2.71. The minimum Gasteiger partial charge on any atom is -0.0625 e. The summed E-state index contributed by atoms with van der Waals surface area (Å²) < 4.78 is 0. The highest BCUT2D eigenvalue weighted by Gasteiger charge is 2.31. The first-order valence-corrected chi connectivity index (χ1v) is 8.10. The summed E-state index contributed by atoms with van der Waals surface area (Å²) in [5.41, 5.74) is 0.992. The van der Waals surface area contributed by atoms with Crippen LogP contribution in [-0.4, -0.2) is 0 Å². The molecule has 108 valence electrons. The highest BCUT2D eigenvalue weighted by molar-refractivity contribution is 4.82. The molecule has 1 fully saturated rings. The molecule has 2 unspecified atom stereocenters. The van der Waals surface area contributed by atoms with E-state index in [-0.39, 0.29) is 0 Å². The van der Waals surface area contributed by atoms with Crippen LogP contribution in [0.15, 0.2) is 0 Å². The summed E-state index contributed by atoms with van der Waals surface area (Å²) in [4.78, 5) is 0. The molecule has 1 rings (SSSR count). The molecule has 2 atom stereocenters. The van der Waals surface area contributed by atoms with Crippen LogP contribution in [0.25, 0.3) is 0 Å². The molecule has 0 amide bonds. The van der Waals surface area contributed by atoms with Crippen molar-refractivity contribution in [2.45, 2.75) is 87.0 Å². The zero-order valence-electron chi connectivity index (χ0n) is 14.0. The Bertz CT molecular complexity index is 212. The van der Waals surface area contributed by atoms with Gasteiger partial charge in [-0.3, -0.25) is 0 Å². The van der Waals surface area contributed by atoms with Crippen molar-refractivity contribution < 1.29 is 0 Å². The fourth-order valence-corrected chi connectivity index (χ4v) is 3.66. The highest BCUT2D eigenvalue weighted by atomic mass is 14.4. The van der Waals surface area contributed by atoms with Crippen molar-refractivity contribution in [1.29, 1.82) is 0 Å². The SMILES string of the molecule is CC1CC(C(C)(C)C)CCCCC(C(C)(C)C)C1. The molecule has 0 bridgehead atoms. The maximum absolute atomic E-state index is 2.49. The van der Waals surface area contributed by atoms with E-state index < -0.39 is 0 Å². The van der Waals surface area contributed by atoms with E-state index in [0.29, 0.717) is 10.8 Å². The van der Waals surface area contributed by atoms with Crippen LogP contribution in [0.2, 0.25) is 0 Å². The third-order valence-electron chi connectivity index (χ3n) is 5.18. The van der Waals surface area contributed by atoms with Gasteiger partial charge in [-0.15, -0.1) is 0 Å². The lowest BCUT2D eigenvalue weighted by atomic mass is 9.71. The first-order chi connectivity index (χ1) is 8.10. The van der Waals surface area contributed by atoms with Crippen molar-refractivity contribution in [3.05, 3.63) is 0 Å². The average Bonchev–Trinajstić information content (AvgIpc) is 2.25. The van der Waals surface area contributed by atoms with Gasteiger partial charge >= 0.3 is 0 Å². The van der Waals surface area contributed by atoms with Crippen LogP contribution in [0.1, 0.15) is 87.0 Å². The van der Waals surface area contributed by atoms with Gasteiger partial charge in [0.05, 0.1) is 0 Å². The molecule has 0 radical (unpaired) electrons. The minimum atomic E-state index is 0.496. The molecule has 0 aromatic rings. The number of rotatable bonds is 0. The smallest absolute Gasteiger partial charge is 0.0354 e. The van der Waals surface area contributed by atoms with E-state index in [1.807, 2.05) is 0 Å². The van der Waals surface area contributed by atoms with E-state index in [9.17, 15) is 0 Å². The summed E-state index contributed by atoms with van der Waals surface area (Å²) in [6.45, 7) is 17.1. The monoisotopic (exact) mass is 252 g/mol. The molecule has 0 aliphatic heterocycles. The van der Waals surface area contributed by atoms with Gasteiger partial charge in [-0.2, -0.15) is 0 Å². The molecule has 1 aliphatic rings.